The SMILES string of the molecule is COc1cc(-n2cc(CNC[C@H](O)c3ccc4c(c3C)COC4=O)cn2)cc2c1oc(=O)n2C. The van der Waals surface area contributed by atoms with Crippen LogP contribution in [0.15, 0.2) is 45.9 Å². The van der Waals surface area contributed by atoms with Crippen LogP contribution in [0.3, 0.4) is 0 Å². The molecule has 34 heavy (non-hydrogen) atoms. The quantitative estimate of drug-likeness (QED) is 0.399. The van der Waals surface area contributed by atoms with Crippen molar-refractivity contribution in [3.63, 3.8) is 0 Å². The minimum Gasteiger partial charge on any atom is -0.493 e. The van der Waals surface area contributed by atoms with Gasteiger partial charge in [0.1, 0.15) is 6.61 Å². The molecule has 0 spiro atoms. The third-order valence-electron chi connectivity index (χ3n) is 6.20. The van der Waals surface area contributed by atoms with Gasteiger partial charge in [0.25, 0.3) is 0 Å². The zero-order valence-corrected chi connectivity index (χ0v) is 19.0. The van der Waals surface area contributed by atoms with Gasteiger partial charge in [-0.1, -0.05) is 6.07 Å². The fourth-order valence-corrected chi connectivity index (χ4v) is 4.25. The van der Waals surface area contributed by atoms with Crippen molar-refractivity contribution < 1.29 is 23.8 Å². The molecule has 10 nitrogen and oxygen atoms in total. The van der Waals surface area contributed by atoms with E-state index in [-0.39, 0.29) is 12.6 Å². The molecule has 4 aromatic rings. The average Bonchev–Trinajstić information content (AvgIpc) is 3.52. The van der Waals surface area contributed by atoms with E-state index in [1.807, 2.05) is 19.2 Å². The van der Waals surface area contributed by atoms with E-state index >= 15 is 0 Å². The lowest BCUT2D eigenvalue weighted by Crippen LogP contribution is -2.21. The van der Waals surface area contributed by atoms with Gasteiger partial charge in [-0.15, -0.1) is 0 Å². The van der Waals surface area contributed by atoms with Crippen molar-refractivity contribution in [2.75, 3.05) is 13.7 Å². The zero-order chi connectivity index (χ0) is 24.0. The molecule has 0 bridgehead atoms. The molecule has 0 aliphatic carbocycles. The van der Waals surface area contributed by atoms with Crippen LogP contribution < -0.4 is 15.8 Å². The predicted molar refractivity (Wildman–Crippen MR) is 122 cm³/mol. The van der Waals surface area contributed by atoms with E-state index in [1.165, 1.54) is 11.7 Å². The lowest BCUT2D eigenvalue weighted by molar-refractivity contribution is 0.0535. The number of hydrogen-bond donors (Lipinski definition) is 2. The largest absolute Gasteiger partial charge is 0.493 e. The van der Waals surface area contributed by atoms with E-state index in [2.05, 4.69) is 10.4 Å². The fourth-order valence-electron chi connectivity index (χ4n) is 4.25. The summed E-state index contributed by atoms with van der Waals surface area (Å²) in [5.41, 5.74) is 5.68. The van der Waals surface area contributed by atoms with Gasteiger partial charge in [-0.2, -0.15) is 5.10 Å². The molecule has 2 N–H and O–H groups in total. The highest BCUT2D eigenvalue weighted by molar-refractivity contribution is 5.94. The first-order valence-corrected chi connectivity index (χ1v) is 10.8. The number of nitrogens with one attached hydrogen (secondary N) is 1. The highest BCUT2D eigenvalue weighted by Crippen LogP contribution is 2.30. The smallest absolute Gasteiger partial charge is 0.419 e. The average molecular weight is 464 g/mol. The molecule has 0 amide bonds. The van der Waals surface area contributed by atoms with Crippen LogP contribution in [-0.2, 0) is 24.9 Å². The van der Waals surface area contributed by atoms with Crippen LogP contribution in [-0.4, -0.2) is 39.1 Å². The molecule has 0 unspecified atom stereocenters. The molecule has 0 saturated carbocycles. The minimum atomic E-state index is -0.731. The first kappa shape index (κ1) is 21.9. The summed E-state index contributed by atoms with van der Waals surface area (Å²) in [4.78, 5) is 23.6. The Bertz CT molecular complexity index is 1460. The maximum Gasteiger partial charge on any atom is 0.419 e. The molecule has 2 aromatic carbocycles. The van der Waals surface area contributed by atoms with Crippen LogP contribution in [0.5, 0.6) is 5.75 Å². The third-order valence-corrected chi connectivity index (χ3v) is 6.20. The van der Waals surface area contributed by atoms with Gasteiger partial charge in [0.15, 0.2) is 11.3 Å². The number of hydrogen-bond acceptors (Lipinski definition) is 8. The van der Waals surface area contributed by atoms with Crippen LogP contribution in [0.2, 0.25) is 0 Å². The molecular formula is C24H24N4O6. The number of esters is 1. The van der Waals surface area contributed by atoms with E-state index in [0.29, 0.717) is 35.5 Å². The van der Waals surface area contributed by atoms with E-state index in [0.717, 1.165) is 27.9 Å². The van der Waals surface area contributed by atoms with Crippen molar-refractivity contribution in [2.24, 2.45) is 7.05 Å². The van der Waals surface area contributed by atoms with Crippen molar-refractivity contribution >= 4 is 17.1 Å². The second-order valence-corrected chi connectivity index (χ2v) is 8.25. The van der Waals surface area contributed by atoms with Crippen LogP contribution in [0.25, 0.3) is 16.8 Å². The first-order chi connectivity index (χ1) is 16.4. The number of nitrogens with zero attached hydrogens (tertiary/aromatic N) is 3. The summed E-state index contributed by atoms with van der Waals surface area (Å²) >= 11 is 0. The number of rotatable bonds is 7. The Morgan fingerprint density at radius 3 is 2.91 bits per heavy atom. The number of ether oxygens (including phenoxy) is 2. The summed E-state index contributed by atoms with van der Waals surface area (Å²) in [6, 6.07) is 7.05. The Labute approximate surface area is 194 Å². The first-order valence-electron chi connectivity index (χ1n) is 10.8. The van der Waals surface area contributed by atoms with Gasteiger partial charge in [-0.05, 0) is 30.2 Å². The highest BCUT2D eigenvalue weighted by Gasteiger charge is 2.25. The number of fused-ring (bicyclic) bond motifs is 2. The zero-order valence-electron chi connectivity index (χ0n) is 19.0. The summed E-state index contributed by atoms with van der Waals surface area (Å²) in [6.07, 6.45) is 2.86. The lowest BCUT2D eigenvalue weighted by atomic mass is 9.95. The van der Waals surface area contributed by atoms with Crippen molar-refractivity contribution in [1.29, 1.82) is 0 Å². The molecule has 3 heterocycles. The van der Waals surface area contributed by atoms with Crippen LogP contribution >= 0.6 is 0 Å². The van der Waals surface area contributed by atoms with E-state index in [9.17, 15) is 14.7 Å². The summed E-state index contributed by atoms with van der Waals surface area (Å²) in [5, 5.41) is 18.3. The number of aliphatic hydroxyl groups excluding tert-OH is 1. The molecule has 2 aromatic heterocycles. The van der Waals surface area contributed by atoms with E-state index < -0.39 is 11.9 Å². The number of carbonyl (C=O) groups excluding carboxylic acids is 1. The van der Waals surface area contributed by atoms with Crippen LogP contribution in [0.4, 0.5) is 0 Å². The van der Waals surface area contributed by atoms with Gasteiger partial charge < -0.3 is 24.3 Å². The molecule has 0 radical (unpaired) electrons. The van der Waals surface area contributed by atoms with Gasteiger partial charge in [0.05, 0.1) is 36.2 Å². The maximum atomic E-state index is 11.9. The van der Waals surface area contributed by atoms with Gasteiger partial charge in [0.2, 0.25) is 0 Å². The molecule has 176 valence electrons. The standard InChI is InChI=1S/C24H24N4O6/c1-13-16(4-5-17-18(13)12-33-23(17)30)20(29)10-25-8-14-9-26-28(11-14)15-6-19-22(21(7-15)32-3)34-24(31)27(19)2/h4-7,9,11,20,25,29H,8,10,12H2,1-3H3/t20-/m0/s1. The number of carbonyl (C=O) groups is 1. The molecule has 5 rings (SSSR count). The molecule has 1 aliphatic rings. The summed E-state index contributed by atoms with van der Waals surface area (Å²) in [7, 11) is 3.15. The van der Waals surface area contributed by atoms with Gasteiger partial charge in [0, 0.05) is 43.5 Å². The number of aliphatic hydroxyl groups is 1. The number of methoxy groups -OCH3 is 1. The molecule has 10 heteroatoms. The lowest BCUT2D eigenvalue weighted by Gasteiger charge is -2.16. The number of oxazole rings is 1. The van der Waals surface area contributed by atoms with E-state index in [1.54, 1.807) is 36.1 Å². The topological polar surface area (TPSA) is 121 Å². The van der Waals surface area contributed by atoms with Gasteiger partial charge in [-0.3, -0.25) is 4.57 Å². The van der Waals surface area contributed by atoms with Crippen LogP contribution in [0.1, 0.15) is 38.7 Å². The Hall–Kier alpha value is -3.89. The second-order valence-electron chi connectivity index (χ2n) is 8.25. The Kier molecular flexibility index (Phi) is 5.46. The monoisotopic (exact) mass is 464 g/mol. The molecule has 0 fully saturated rings. The van der Waals surface area contributed by atoms with E-state index in [4.69, 9.17) is 13.9 Å². The fraction of sp³-hybridized carbons (Fsp3) is 0.292. The summed E-state index contributed by atoms with van der Waals surface area (Å²) in [6.45, 7) is 2.96. The number of aromatic nitrogens is 3. The maximum absolute atomic E-state index is 11.9. The molecule has 1 aliphatic heterocycles. The Morgan fingerprint density at radius 1 is 1.29 bits per heavy atom. The van der Waals surface area contributed by atoms with Gasteiger partial charge >= 0.3 is 11.7 Å². The van der Waals surface area contributed by atoms with Gasteiger partial charge in [-0.25, -0.2) is 14.3 Å². The predicted octanol–water partition coefficient (Wildman–Crippen LogP) is 2.13. The number of aryl methyl sites for hydroxylation is 1. The minimum absolute atomic E-state index is 0.247. The molecule has 1 atom stereocenters. The van der Waals surface area contributed by atoms with Crippen LogP contribution in [0, 0.1) is 6.92 Å². The third kappa shape index (κ3) is 3.66. The molecular weight excluding hydrogens is 440 g/mol. The highest BCUT2D eigenvalue weighted by atomic mass is 16.5. The second kappa shape index (κ2) is 8.47. The van der Waals surface area contributed by atoms with Crippen molar-refractivity contribution in [3.05, 3.63) is 75.0 Å². The normalized spacial score (nSPS) is 13.8. The van der Waals surface area contributed by atoms with Crippen molar-refractivity contribution in [2.45, 2.75) is 26.2 Å². The number of cyclic esters (lactones) is 1. The van der Waals surface area contributed by atoms with Crippen molar-refractivity contribution in [3.8, 4) is 11.4 Å². The van der Waals surface area contributed by atoms with Crippen molar-refractivity contribution in [1.82, 2.24) is 19.7 Å². The Balaban J connectivity index is 1.28. The Morgan fingerprint density at radius 2 is 2.12 bits per heavy atom. The summed E-state index contributed by atoms with van der Waals surface area (Å²) < 4.78 is 18.8. The number of benzene rings is 2. The summed E-state index contributed by atoms with van der Waals surface area (Å²) in [5.74, 6) is -0.339. The molecule has 0 saturated heterocycles.